The van der Waals surface area contributed by atoms with Crippen molar-refractivity contribution in [2.24, 2.45) is 17.1 Å². The first kappa shape index (κ1) is 8.49. The normalized spacial score (nSPS) is 23.5. The maximum Gasteiger partial charge on any atom is -0.00484 e. The molecule has 0 atom stereocenters. The van der Waals surface area contributed by atoms with E-state index >= 15 is 0 Å². The van der Waals surface area contributed by atoms with Crippen molar-refractivity contribution in [1.82, 2.24) is 0 Å². The van der Waals surface area contributed by atoms with Crippen LogP contribution in [-0.2, 0) is 12.8 Å². The second-order valence-electron chi connectivity index (χ2n) is 5.13. The van der Waals surface area contributed by atoms with Crippen LogP contribution in [0.25, 0.3) is 0 Å². The Morgan fingerprint density at radius 1 is 1.14 bits per heavy atom. The van der Waals surface area contributed by atoms with Crippen LogP contribution in [-0.4, -0.2) is 6.54 Å². The van der Waals surface area contributed by atoms with E-state index in [2.05, 4.69) is 24.3 Å². The van der Waals surface area contributed by atoms with Gasteiger partial charge in [0.2, 0.25) is 0 Å². The summed E-state index contributed by atoms with van der Waals surface area (Å²) in [5.74, 6) is 0.810. The molecule has 1 fully saturated rings. The molecule has 0 aliphatic heterocycles. The van der Waals surface area contributed by atoms with Gasteiger partial charge in [-0.1, -0.05) is 24.3 Å². The van der Waals surface area contributed by atoms with E-state index in [1.54, 1.807) is 11.1 Å². The van der Waals surface area contributed by atoms with Crippen LogP contribution < -0.4 is 5.73 Å². The molecule has 3 rings (SSSR count). The van der Waals surface area contributed by atoms with Crippen molar-refractivity contribution in [2.45, 2.75) is 25.7 Å². The summed E-state index contributed by atoms with van der Waals surface area (Å²) in [5.41, 5.74) is 9.48. The fourth-order valence-corrected chi connectivity index (χ4v) is 3.39. The average Bonchev–Trinajstić information content (AvgIpc) is 2.53. The molecule has 0 saturated heterocycles. The smallest absolute Gasteiger partial charge is 0.00484 e. The zero-order valence-electron chi connectivity index (χ0n) is 8.50. The number of fused-ring (bicyclic) bond motifs is 1. The zero-order chi connectivity index (χ0) is 9.60. The summed E-state index contributed by atoms with van der Waals surface area (Å²) in [7, 11) is 0. The van der Waals surface area contributed by atoms with Crippen LogP contribution in [0.15, 0.2) is 24.3 Å². The van der Waals surface area contributed by atoms with E-state index < -0.39 is 0 Å². The molecule has 1 saturated carbocycles. The van der Waals surface area contributed by atoms with E-state index in [9.17, 15) is 0 Å². The topological polar surface area (TPSA) is 26.0 Å². The van der Waals surface area contributed by atoms with Gasteiger partial charge in [0.05, 0.1) is 0 Å². The molecule has 74 valence electrons. The van der Waals surface area contributed by atoms with Crippen LogP contribution >= 0.6 is 0 Å². The molecule has 1 spiro atoms. The van der Waals surface area contributed by atoms with E-state index in [-0.39, 0.29) is 0 Å². The first-order chi connectivity index (χ1) is 6.81. The van der Waals surface area contributed by atoms with Crippen LogP contribution in [0.1, 0.15) is 24.0 Å². The summed E-state index contributed by atoms with van der Waals surface area (Å²) >= 11 is 0. The zero-order valence-corrected chi connectivity index (χ0v) is 8.50. The Hall–Kier alpha value is -0.820. The minimum absolute atomic E-state index is 0.619. The van der Waals surface area contributed by atoms with Crippen LogP contribution in [0.4, 0.5) is 0 Å². The first-order valence-electron chi connectivity index (χ1n) is 5.58. The monoisotopic (exact) mass is 187 g/mol. The van der Waals surface area contributed by atoms with Crippen LogP contribution in [0.5, 0.6) is 0 Å². The molecule has 2 N–H and O–H groups in total. The van der Waals surface area contributed by atoms with Crippen LogP contribution in [0.2, 0.25) is 0 Å². The summed E-state index contributed by atoms with van der Waals surface area (Å²) in [5, 5.41) is 0. The second-order valence-corrected chi connectivity index (χ2v) is 5.13. The van der Waals surface area contributed by atoms with E-state index in [0.29, 0.717) is 5.41 Å². The lowest BCUT2D eigenvalue weighted by atomic mass is 9.60. The molecule has 0 bridgehead atoms. The van der Waals surface area contributed by atoms with Gasteiger partial charge >= 0.3 is 0 Å². The van der Waals surface area contributed by atoms with Crippen molar-refractivity contribution in [3.63, 3.8) is 0 Å². The molecule has 1 nitrogen and oxygen atoms in total. The Kier molecular flexibility index (Phi) is 1.72. The molecule has 2 aliphatic carbocycles. The van der Waals surface area contributed by atoms with Crippen LogP contribution in [0, 0.1) is 11.3 Å². The molecule has 1 heteroatoms. The quantitative estimate of drug-likeness (QED) is 0.716. The van der Waals surface area contributed by atoms with Gasteiger partial charge in [-0.2, -0.15) is 0 Å². The number of nitrogens with two attached hydrogens (primary N) is 1. The first-order valence-corrected chi connectivity index (χ1v) is 5.58. The molecule has 0 unspecified atom stereocenters. The number of hydrogen-bond acceptors (Lipinski definition) is 1. The second kappa shape index (κ2) is 2.83. The van der Waals surface area contributed by atoms with E-state index in [0.717, 1.165) is 12.5 Å². The Bertz CT molecular complexity index is 323. The summed E-state index contributed by atoms with van der Waals surface area (Å²) < 4.78 is 0. The highest BCUT2D eigenvalue weighted by Crippen LogP contribution is 2.53. The lowest BCUT2D eigenvalue weighted by Crippen LogP contribution is -2.41. The number of rotatable bonds is 1. The highest BCUT2D eigenvalue weighted by atomic mass is 14.6. The summed E-state index contributed by atoms with van der Waals surface area (Å²) in [6.45, 7) is 0.887. The van der Waals surface area contributed by atoms with Crippen molar-refractivity contribution in [3.8, 4) is 0 Å². The minimum Gasteiger partial charge on any atom is -0.330 e. The number of benzene rings is 1. The molecular formula is C13H17N. The molecule has 1 aromatic rings. The Balaban J connectivity index is 1.80. The van der Waals surface area contributed by atoms with E-state index in [1.165, 1.54) is 25.7 Å². The molecule has 2 aliphatic rings. The van der Waals surface area contributed by atoms with Gasteiger partial charge in [0, 0.05) is 0 Å². The van der Waals surface area contributed by atoms with Crippen molar-refractivity contribution in [1.29, 1.82) is 0 Å². The molecule has 1 aromatic carbocycles. The van der Waals surface area contributed by atoms with Crippen molar-refractivity contribution >= 4 is 0 Å². The highest BCUT2D eigenvalue weighted by Gasteiger charge is 2.46. The number of hydrogen-bond donors (Lipinski definition) is 1. The van der Waals surface area contributed by atoms with E-state index in [1.807, 2.05) is 0 Å². The Morgan fingerprint density at radius 2 is 1.71 bits per heavy atom. The van der Waals surface area contributed by atoms with Gasteiger partial charge < -0.3 is 5.73 Å². The predicted molar refractivity (Wildman–Crippen MR) is 58.1 cm³/mol. The fraction of sp³-hybridized carbons (Fsp3) is 0.538. The molecule has 0 radical (unpaired) electrons. The average molecular weight is 187 g/mol. The third kappa shape index (κ3) is 1.12. The SMILES string of the molecule is NCC1CC2(Cc3ccccc3C2)C1. The van der Waals surface area contributed by atoms with Gasteiger partial charge in [0.1, 0.15) is 0 Å². The standard InChI is InChI=1S/C13H17N/c14-9-10-5-13(6-10)7-11-3-1-2-4-12(11)8-13/h1-4,10H,5-9,14H2. The largest absolute Gasteiger partial charge is 0.330 e. The van der Waals surface area contributed by atoms with Gasteiger partial charge in [0.15, 0.2) is 0 Å². The fourth-order valence-electron chi connectivity index (χ4n) is 3.39. The lowest BCUT2D eigenvalue weighted by Gasteiger charge is -2.45. The van der Waals surface area contributed by atoms with Crippen LogP contribution in [0.3, 0.4) is 0 Å². The van der Waals surface area contributed by atoms with Crippen molar-refractivity contribution in [2.75, 3.05) is 6.54 Å². The maximum absolute atomic E-state index is 5.69. The minimum atomic E-state index is 0.619. The van der Waals surface area contributed by atoms with Gasteiger partial charge in [0.25, 0.3) is 0 Å². The predicted octanol–water partition coefficient (Wildman–Crippen LogP) is 2.14. The lowest BCUT2D eigenvalue weighted by molar-refractivity contribution is 0.0717. The summed E-state index contributed by atoms with van der Waals surface area (Å²) in [6, 6.07) is 8.91. The van der Waals surface area contributed by atoms with Gasteiger partial charge in [-0.05, 0) is 54.7 Å². The Morgan fingerprint density at radius 3 is 2.21 bits per heavy atom. The third-order valence-electron chi connectivity index (χ3n) is 4.03. The van der Waals surface area contributed by atoms with Crippen molar-refractivity contribution < 1.29 is 0 Å². The summed E-state index contributed by atoms with van der Waals surface area (Å²) in [4.78, 5) is 0. The van der Waals surface area contributed by atoms with Gasteiger partial charge in [-0.3, -0.25) is 0 Å². The third-order valence-corrected chi connectivity index (χ3v) is 4.03. The molecular weight excluding hydrogens is 170 g/mol. The molecule has 14 heavy (non-hydrogen) atoms. The molecule has 0 heterocycles. The van der Waals surface area contributed by atoms with E-state index in [4.69, 9.17) is 5.73 Å². The van der Waals surface area contributed by atoms with Crippen molar-refractivity contribution in [3.05, 3.63) is 35.4 Å². The molecule has 0 aromatic heterocycles. The Labute approximate surface area is 85.3 Å². The van der Waals surface area contributed by atoms with Gasteiger partial charge in [-0.25, -0.2) is 0 Å². The molecule has 0 amide bonds. The summed E-state index contributed by atoms with van der Waals surface area (Å²) in [6.07, 6.45) is 5.33. The maximum atomic E-state index is 5.69. The highest BCUT2D eigenvalue weighted by molar-refractivity contribution is 5.35. The van der Waals surface area contributed by atoms with Gasteiger partial charge in [-0.15, -0.1) is 0 Å².